The van der Waals surface area contributed by atoms with Crippen molar-refractivity contribution in [3.63, 3.8) is 0 Å². The molecule has 0 aromatic carbocycles. The molecule has 0 fully saturated rings. The van der Waals surface area contributed by atoms with Crippen molar-refractivity contribution in [1.82, 2.24) is 4.37 Å². The van der Waals surface area contributed by atoms with E-state index < -0.39 is 0 Å². The van der Waals surface area contributed by atoms with Gasteiger partial charge in [0.25, 0.3) is 5.56 Å². The molecule has 1 aromatic heterocycles. The zero-order chi connectivity index (χ0) is 8.81. The Morgan fingerprint density at radius 1 is 1.42 bits per heavy atom. The Bertz CT molecular complexity index is 263. The highest BCUT2D eigenvalue weighted by Gasteiger charge is 1.98. The number of aryl methyl sites for hydroxylation is 1. The third-order valence-corrected chi connectivity index (χ3v) is 2.65. The van der Waals surface area contributed by atoms with Crippen molar-refractivity contribution in [3.05, 3.63) is 21.3 Å². The van der Waals surface area contributed by atoms with Crippen LogP contribution in [0.4, 0.5) is 0 Å². The fourth-order valence-electron chi connectivity index (χ4n) is 1.19. The van der Waals surface area contributed by atoms with Crippen molar-refractivity contribution in [2.75, 3.05) is 0 Å². The summed E-state index contributed by atoms with van der Waals surface area (Å²) in [6.07, 6.45) is 5.86. The molecular weight excluding hydrogens is 170 g/mol. The molecule has 0 saturated heterocycles. The highest BCUT2D eigenvalue weighted by Crippen LogP contribution is 2.05. The molecule has 0 aliphatic heterocycles. The van der Waals surface area contributed by atoms with Crippen molar-refractivity contribution < 1.29 is 0 Å². The molecule has 68 valence electrons. The van der Waals surface area contributed by atoms with Gasteiger partial charge < -0.3 is 0 Å². The van der Waals surface area contributed by atoms with Crippen molar-refractivity contribution in [1.29, 1.82) is 0 Å². The second-order valence-electron chi connectivity index (χ2n) is 3.00. The quantitative estimate of drug-likeness (QED) is 0.703. The van der Waals surface area contributed by atoms with Gasteiger partial charge in [-0.1, -0.05) is 37.7 Å². The molecule has 0 bridgehead atoms. The maximum Gasteiger partial charge on any atom is 0.261 e. The predicted molar refractivity (Wildman–Crippen MR) is 52.8 cm³/mol. The van der Waals surface area contributed by atoms with Crippen molar-refractivity contribution in [2.45, 2.75) is 39.0 Å². The first kappa shape index (κ1) is 9.52. The van der Waals surface area contributed by atoms with E-state index >= 15 is 0 Å². The number of nitrogens with one attached hydrogen (secondary N) is 1. The van der Waals surface area contributed by atoms with Crippen molar-refractivity contribution in [3.8, 4) is 0 Å². The summed E-state index contributed by atoms with van der Waals surface area (Å²) in [5.74, 6) is 0. The average molecular weight is 185 g/mol. The Balaban J connectivity index is 2.24. The number of hydrogen-bond acceptors (Lipinski definition) is 2. The number of rotatable bonds is 5. The minimum atomic E-state index is 0.108. The summed E-state index contributed by atoms with van der Waals surface area (Å²) in [4.78, 5) is 11.0. The zero-order valence-corrected chi connectivity index (χ0v) is 8.25. The van der Waals surface area contributed by atoms with E-state index in [9.17, 15) is 4.79 Å². The van der Waals surface area contributed by atoms with E-state index in [0.717, 1.165) is 18.4 Å². The van der Waals surface area contributed by atoms with Gasteiger partial charge in [-0.3, -0.25) is 9.17 Å². The first-order valence-corrected chi connectivity index (χ1v) is 5.37. The molecule has 1 aromatic rings. The lowest BCUT2D eigenvalue weighted by molar-refractivity contribution is 0.666. The molecule has 1 heterocycles. The van der Waals surface area contributed by atoms with Crippen LogP contribution in [0.1, 0.15) is 38.2 Å². The van der Waals surface area contributed by atoms with Crippen LogP contribution in [0.15, 0.2) is 10.2 Å². The van der Waals surface area contributed by atoms with Gasteiger partial charge in [-0.15, -0.1) is 0 Å². The van der Waals surface area contributed by atoms with Gasteiger partial charge in [0.05, 0.1) is 0 Å². The number of H-pyrrole nitrogens is 1. The highest BCUT2D eigenvalue weighted by molar-refractivity contribution is 7.03. The molecule has 0 amide bonds. The van der Waals surface area contributed by atoms with Crippen LogP contribution in [0, 0.1) is 0 Å². The molecule has 2 nitrogen and oxygen atoms in total. The fraction of sp³-hybridized carbons (Fsp3) is 0.667. The Labute approximate surface area is 76.8 Å². The van der Waals surface area contributed by atoms with Gasteiger partial charge in [0.2, 0.25) is 0 Å². The molecule has 0 unspecified atom stereocenters. The van der Waals surface area contributed by atoms with E-state index in [2.05, 4.69) is 11.3 Å². The first-order valence-electron chi connectivity index (χ1n) is 4.49. The molecule has 0 radical (unpaired) electrons. The maximum atomic E-state index is 11.0. The summed E-state index contributed by atoms with van der Waals surface area (Å²) in [6, 6.07) is 0. The second-order valence-corrected chi connectivity index (χ2v) is 3.68. The van der Waals surface area contributed by atoms with Crippen LogP contribution in [-0.4, -0.2) is 4.37 Å². The van der Waals surface area contributed by atoms with Crippen LogP contribution in [0.3, 0.4) is 0 Å². The normalized spacial score (nSPS) is 10.4. The lowest BCUT2D eigenvalue weighted by atomic mass is 10.1. The minimum Gasteiger partial charge on any atom is -0.278 e. The number of hydrogen-bond donors (Lipinski definition) is 1. The summed E-state index contributed by atoms with van der Waals surface area (Å²) >= 11 is 1.39. The smallest absolute Gasteiger partial charge is 0.261 e. The lowest BCUT2D eigenvalue weighted by Crippen LogP contribution is -2.04. The molecular formula is C9H15NOS. The van der Waals surface area contributed by atoms with Gasteiger partial charge in [-0.05, 0) is 12.8 Å². The molecule has 0 aliphatic carbocycles. The standard InChI is InChI=1S/C9H15NOS/c1-2-3-4-5-6-8-7-12-10-9(8)11/h7H,2-6H2,1H3,(H,10,11). The minimum absolute atomic E-state index is 0.108. The summed E-state index contributed by atoms with van der Waals surface area (Å²) in [7, 11) is 0. The second kappa shape index (κ2) is 5.14. The van der Waals surface area contributed by atoms with Crippen LogP contribution in [0.25, 0.3) is 0 Å². The zero-order valence-electron chi connectivity index (χ0n) is 7.43. The number of unbranched alkanes of at least 4 members (excludes halogenated alkanes) is 3. The van der Waals surface area contributed by atoms with Crippen LogP contribution in [-0.2, 0) is 6.42 Å². The first-order chi connectivity index (χ1) is 5.84. The van der Waals surface area contributed by atoms with E-state index in [1.165, 1.54) is 30.8 Å². The topological polar surface area (TPSA) is 32.9 Å². The molecule has 3 heteroatoms. The van der Waals surface area contributed by atoms with Crippen LogP contribution >= 0.6 is 11.5 Å². The van der Waals surface area contributed by atoms with E-state index in [1.807, 2.05) is 5.38 Å². The van der Waals surface area contributed by atoms with Gasteiger partial charge in [-0.2, -0.15) is 0 Å². The summed E-state index contributed by atoms with van der Waals surface area (Å²) < 4.78 is 2.70. The average Bonchev–Trinajstić information content (AvgIpc) is 2.46. The van der Waals surface area contributed by atoms with Crippen molar-refractivity contribution >= 4 is 11.5 Å². The Morgan fingerprint density at radius 3 is 2.83 bits per heavy atom. The maximum absolute atomic E-state index is 11.0. The summed E-state index contributed by atoms with van der Waals surface area (Å²) in [5.41, 5.74) is 1.06. The van der Waals surface area contributed by atoms with E-state index in [0.29, 0.717) is 0 Å². The fourth-order valence-corrected chi connectivity index (χ4v) is 1.85. The largest absolute Gasteiger partial charge is 0.278 e. The molecule has 1 N–H and O–H groups in total. The van der Waals surface area contributed by atoms with Crippen LogP contribution < -0.4 is 5.56 Å². The monoisotopic (exact) mass is 185 g/mol. The van der Waals surface area contributed by atoms with Crippen LogP contribution in [0.2, 0.25) is 0 Å². The van der Waals surface area contributed by atoms with E-state index in [1.54, 1.807) is 0 Å². The number of aromatic nitrogens is 1. The Morgan fingerprint density at radius 2 is 2.25 bits per heavy atom. The predicted octanol–water partition coefficient (Wildman–Crippen LogP) is 2.56. The molecule has 0 saturated carbocycles. The molecule has 0 aliphatic rings. The van der Waals surface area contributed by atoms with E-state index in [4.69, 9.17) is 0 Å². The Hall–Kier alpha value is -0.570. The summed E-state index contributed by atoms with van der Waals surface area (Å²) in [6.45, 7) is 2.19. The number of aromatic amines is 1. The van der Waals surface area contributed by atoms with Crippen LogP contribution in [0.5, 0.6) is 0 Å². The highest BCUT2D eigenvalue weighted by atomic mass is 32.1. The third-order valence-electron chi connectivity index (χ3n) is 1.94. The van der Waals surface area contributed by atoms with Crippen molar-refractivity contribution in [2.24, 2.45) is 0 Å². The Kier molecular flexibility index (Phi) is 4.08. The SMILES string of the molecule is CCCCCCc1cs[nH]c1=O. The molecule has 0 spiro atoms. The molecule has 1 rings (SSSR count). The van der Waals surface area contributed by atoms with Gasteiger partial charge >= 0.3 is 0 Å². The van der Waals surface area contributed by atoms with Gasteiger partial charge in [0.15, 0.2) is 0 Å². The van der Waals surface area contributed by atoms with E-state index in [-0.39, 0.29) is 5.56 Å². The molecule has 12 heavy (non-hydrogen) atoms. The lowest BCUT2D eigenvalue weighted by Gasteiger charge is -1.95. The van der Waals surface area contributed by atoms with Gasteiger partial charge in [0, 0.05) is 10.9 Å². The third kappa shape index (κ3) is 2.81. The van der Waals surface area contributed by atoms with Gasteiger partial charge in [-0.25, -0.2) is 0 Å². The molecule has 0 atom stereocenters. The van der Waals surface area contributed by atoms with Gasteiger partial charge in [0.1, 0.15) is 0 Å². The summed E-state index contributed by atoms with van der Waals surface area (Å²) in [5, 5.41) is 1.92.